The Hall–Kier alpha value is -1.57. The second kappa shape index (κ2) is 5.97. The van der Waals surface area contributed by atoms with E-state index in [4.69, 9.17) is 4.74 Å². The van der Waals surface area contributed by atoms with Crippen molar-refractivity contribution in [1.82, 2.24) is 0 Å². The average Bonchev–Trinajstić information content (AvgIpc) is 2.24. The van der Waals surface area contributed by atoms with Gasteiger partial charge in [-0.25, -0.2) is 0 Å². The minimum atomic E-state index is 0.700. The zero-order valence-corrected chi connectivity index (χ0v) is 8.27. The van der Waals surface area contributed by atoms with Crippen LogP contribution in [0.2, 0.25) is 0 Å². The maximum absolute atomic E-state index is 10.2. The van der Waals surface area contributed by atoms with Gasteiger partial charge in [0.15, 0.2) is 0 Å². The molecule has 0 N–H and O–H groups in total. The van der Waals surface area contributed by atoms with Crippen molar-refractivity contribution in [2.75, 3.05) is 6.61 Å². The molecule has 0 radical (unpaired) electrons. The van der Waals surface area contributed by atoms with Crippen molar-refractivity contribution in [2.45, 2.75) is 13.3 Å². The smallest absolute Gasteiger partial charge is 0.142 e. The van der Waals surface area contributed by atoms with E-state index in [-0.39, 0.29) is 0 Å². The first-order chi connectivity index (χ1) is 6.88. The number of aldehydes is 1. The molecule has 74 valence electrons. The fourth-order valence-corrected chi connectivity index (χ4v) is 1.10. The zero-order chi connectivity index (χ0) is 10.2. The minimum absolute atomic E-state index is 0.700. The van der Waals surface area contributed by atoms with Crippen molar-refractivity contribution in [3.63, 3.8) is 0 Å². The zero-order valence-electron chi connectivity index (χ0n) is 8.27. The average molecular weight is 190 g/mol. The van der Waals surface area contributed by atoms with Gasteiger partial charge in [0.25, 0.3) is 0 Å². The van der Waals surface area contributed by atoms with Gasteiger partial charge >= 0.3 is 0 Å². The summed E-state index contributed by atoms with van der Waals surface area (Å²) >= 11 is 0. The van der Waals surface area contributed by atoms with Crippen LogP contribution in [0.3, 0.4) is 0 Å². The van der Waals surface area contributed by atoms with Gasteiger partial charge in [-0.1, -0.05) is 25.1 Å². The molecule has 0 atom stereocenters. The minimum Gasteiger partial charge on any atom is -0.493 e. The third-order valence-electron chi connectivity index (χ3n) is 1.74. The van der Waals surface area contributed by atoms with Crippen LogP contribution >= 0.6 is 0 Å². The number of carbonyl (C=O) groups excluding carboxylic acids is 1. The van der Waals surface area contributed by atoms with Gasteiger partial charge in [0.2, 0.25) is 0 Å². The number of carbonyl (C=O) groups is 1. The number of hydrogen-bond acceptors (Lipinski definition) is 2. The standard InChI is InChI=1S/C12H14O2/c1-2-10-14-12-8-4-3-6-11(12)7-5-9-13/h3-9H,2,10H2,1H3/b7-5+. The number of allylic oxidation sites excluding steroid dienone is 1. The highest BCUT2D eigenvalue weighted by atomic mass is 16.5. The van der Waals surface area contributed by atoms with E-state index in [1.54, 1.807) is 6.08 Å². The van der Waals surface area contributed by atoms with E-state index in [2.05, 4.69) is 6.92 Å². The normalized spacial score (nSPS) is 10.4. The molecule has 0 aromatic heterocycles. The fraction of sp³-hybridized carbons (Fsp3) is 0.250. The SMILES string of the molecule is CCCOc1ccccc1/C=C/C=O. The first-order valence-corrected chi connectivity index (χ1v) is 4.72. The summed E-state index contributed by atoms with van der Waals surface area (Å²) in [5.74, 6) is 0.826. The lowest BCUT2D eigenvalue weighted by molar-refractivity contribution is -0.104. The molecule has 14 heavy (non-hydrogen) atoms. The van der Waals surface area contributed by atoms with Crippen LogP contribution in [-0.2, 0) is 4.79 Å². The molecule has 0 amide bonds. The molecular weight excluding hydrogens is 176 g/mol. The number of rotatable bonds is 5. The third kappa shape index (κ3) is 3.05. The van der Waals surface area contributed by atoms with Gasteiger partial charge < -0.3 is 4.74 Å². The van der Waals surface area contributed by atoms with E-state index >= 15 is 0 Å². The molecule has 0 saturated carbocycles. The molecule has 2 nitrogen and oxygen atoms in total. The highest BCUT2D eigenvalue weighted by molar-refractivity contribution is 5.75. The molecule has 0 aliphatic heterocycles. The van der Waals surface area contributed by atoms with E-state index in [0.29, 0.717) is 6.61 Å². The lowest BCUT2D eigenvalue weighted by atomic mass is 10.2. The first-order valence-electron chi connectivity index (χ1n) is 4.72. The molecule has 0 heterocycles. The van der Waals surface area contributed by atoms with Crippen molar-refractivity contribution in [3.05, 3.63) is 35.9 Å². The van der Waals surface area contributed by atoms with Crippen molar-refractivity contribution < 1.29 is 9.53 Å². The second-order valence-corrected chi connectivity index (χ2v) is 2.88. The van der Waals surface area contributed by atoms with E-state index in [1.807, 2.05) is 24.3 Å². The Balaban J connectivity index is 2.79. The second-order valence-electron chi connectivity index (χ2n) is 2.88. The van der Waals surface area contributed by atoms with Crippen LogP contribution in [0.25, 0.3) is 6.08 Å². The van der Waals surface area contributed by atoms with Crippen LogP contribution in [0.15, 0.2) is 30.3 Å². The summed E-state index contributed by atoms with van der Waals surface area (Å²) in [5, 5.41) is 0. The molecule has 1 rings (SSSR count). The van der Waals surface area contributed by atoms with E-state index in [0.717, 1.165) is 24.0 Å². The molecule has 1 aromatic carbocycles. The molecule has 0 unspecified atom stereocenters. The Bertz CT molecular complexity index is 316. The van der Waals surface area contributed by atoms with Crippen LogP contribution < -0.4 is 4.74 Å². The molecule has 0 saturated heterocycles. The Morgan fingerprint density at radius 1 is 1.36 bits per heavy atom. The molecule has 1 aromatic rings. The molecular formula is C12H14O2. The Morgan fingerprint density at radius 3 is 2.86 bits per heavy atom. The highest BCUT2D eigenvalue weighted by Gasteiger charge is 1.97. The van der Waals surface area contributed by atoms with Gasteiger partial charge in [-0.3, -0.25) is 4.79 Å². The summed E-state index contributed by atoms with van der Waals surface area (Å²) in [6, 6.07) is 7.66. The monoisotopic (exact) mass is 190 g/mol. The summed E-state index contributed by atoms with van der Waals surface area (Å²) in [6.45, 7) is 2.76. The topological polar surface area (TPSA) is 26.3 Å². The van der Waals surface area contributed by atoms with E-state index in [1.165, 1.54) is 6.08 Å². The van der Waals surface area contributed by atoms with Gasteiger partial charge in [0.1, 0.15) is 12.0 Å². The van der Waals surface area contributed by atoms with Crippen LogP contribution in [0.5, 0.6) is 5.75 Å². The maximum Gasteiger partial charge on any atom is 0.142 e. The Morgan fingerprint density at radius 2 is 2.14 bits per heavy atom. The van der Waals surface area contributed by atoms with Gasteiger partial charge in [0.05, 0.1) is 6.61 Å². The van der Waals surface area contributed by atoms with Crippen molar-refractivity contribution in [2.24, 2.45) is 0 Å². The Kier molecular flexibility index (Phi) is 4.48. The molecule has 0 spiro atoms. The summed E-state index contributed by atoms with van der Waals surface area (Å²) in [5.41, 5.74) is 0.938. The van der Waals surface area contributed by atoms with E-state index < -0.39 is 0 Å². The van der Waals surface area contributed by atoms with Crippen LogP contribution in [0.4, 0.5) is 0 Å². The van der Waals surface area contributed by atoms with Crippen LogP contribution in [-0.4, -0.2) is 12.9 Å². The molecule has 0 aliphatic carbocycles. The Labute approximate surface area is 84.2 Å². The highest BCUT2D eigenvalue weighted by Crippen LogP contribution is 2.19. The van der Waals surface area contributed by atoms with Crippen molar-refractivity contribution in [1.29, 1.82) is 0 Å². The summed E-state index contributed by atoms with van der Waals surface area (Å²) in [6.07, 6.45) is 4.95. The lowest BCUT2D eigenvalue weighted by Crippen LogP contribution is -1.96. The fourth-order valence-electron chi connectivity index (χ4n) is 1.10. The molecule has 2 heteroatoms. The summed E-state index contributed by atoms with van der Waals surface area (Å²) < 4.78 is 5.52. The first kappa shape index (κ1) is 10.5. The van der Waals surface area contributed by atoms with Gasteiger partial charge in [0, 0.05) is 5.56 Å². The number of para-hydroxylation sites is 1. The quantitative estimate of drug-likeness (QED) is 0.527. The van der Waals surface area contributed by atoms with Gasteiger partial charge in [-0.05, 0) is 24.6 Å². The summed E-state index contributed by atoms with van der Waals surface area (Å²) in [7, 11) is 0. The van der Waals surface area contributed by atoms with Crippen LogP contribution in [0.1, 0.15) is 18.9 Å². The predicted molar refractivity (Wildman–Crippen MR) is 57.3 cm³/mol. The molecule has 0 aliphatic rings. The van der Waals surface area contributed by atoms with Gasteiger partial charge in [-0.2, -0.15) is 0 Å². The number of ether oxygens (including phenoxy) is 1. The number of hydrogen-bond donors (Lipinski definition) is 0. The molecule has 0 fully saturated rings. The lowest BCUT2D eigenvalue weighted by Gasteiger charge is -2.06. The predicted octanol–water partition coefficient (Wildman–Crippen LogP) is 2.69. The number of benzene rings is 1. The van der Waals surface area contributed by atoms with Crippen molar-refractivity contribution >= 4 is 12.4 Å². The largest absolute Gasteiger partial charge is 0.493 e. The van der Waals surface area contributed by atoms with E-state index in [9.17, 15) is 4.79 Å². The maximum atomic E-state index is 10.2. The van der Waals surface area contributed by atoms with Crippen LogP contribution in [0, 0.1) is 0 Å². The van der Waals surface area contributed by atoms with Gasteiger partial charge in [-0.15, -0.1) is 0 Å². The molecule has 0 bridgehead atoms. The van der Waals surface area contributed by atoms with Crippen molar-refractivity contribution in [3.8, 4) is 5.75 Å². The summed E-state index contributed by atoms with van der Waals surface area (Å²) in [4.78, 5) is 10.2. The third-order valence-corrected chi connectivity index (χ3v) is 1.74.